The van der Waals surface area contributed by atoms with Gasteiger partial charge in [0.1, 0.15) is 5.60 Å². The average molecular weight is 314 g/mol. The number of carbonyl (C=O) groups excluding carboxylic acids is 1. The summed E-state index contributed by atoms with van der Waals surface area (Å²) in [7, 11) is 0. The molecule has 0 aliphatic heterocycles. The maximum Gasteiger partial charge on any atom is 0.407 e. The van der Waals surface area contributed by atoms with Gasteiger partial charge in [-0.25, -0.2) is 9.78 Å². The Kier molecular flexibility index (Phi) is 4.17. The van der Waals surface area contributed by atoms with Crippen LogP contribution in [-0.4, -0.2) is 33.7 Å². The molecule has 1 aromatic carbocycles. The van der Waals surface area contributed by atoms with Crippen molar-refractivity contribution in [1.82, 2.24) is 20.6 Å². The number of aromatic nitrogens is 2. The molecule has 2 unspecified atom stereocenters. The number of fused-ring (bicyclic) bond motifs is 1. The van der Waals surface area contributed by atoms with Crippen molar-refractivity contribution in [2.45, 2.75) is 51.4 Å². The summed E-state index contributed by atoms with van der Waals surface area (Å²) in [6, 6.07) is 8.19. The highest BCUT2D eigenvalue weighted by atomic mass is 16.6. The molecule has 1 fully saturated rings. The van der Waals surface area contributed by atoms with Crippen molar-refractivity contribution < 1.29 is 9.53 Å². The normalized spacial score (nSPS) is 20.3. The molecule has 1 aromatic heterocycles. The van der Waals surface area contributed by atoms with Crippen molar-refractivity contribution in [2.75, 3.05) is 0 Å². The number of rotatable bonds is 4. The Morgan fingerprint density at radius 2 is 2.00 bits per heavy atom. The molecule has 2 N–H and O–H groups in total. The summed E-state index contributed by atoms with van der Waals surface area (Å²) < 4.78 is 5.25. The number of hydrogen-bond acceptors (Lipinski definition) is 5. The summed E-state index contributed by atoms with van der Waals surface area (Å²) in [6.07, 6.45) is 2.33. The van der Waals surface area contributed by atoms with Crippen molar-refractivity contribution >= 4 is 17.1 Å². The summed E-state index contributed by atoms with van der Waals surface area (Å²) in [4.78, 5) is 20.7. The highest BCUT2D eigenvalue weighted by Crippen LogP contribution is 2.22. The lowest BCUT2D eigenvalue weighted by molar-refractivity contribution is 0.0522. The molecular formula is C17H22N4O2. The van der Waals surface area contributed by atoms with Crippen LogP contribution in [0.3, 0.4) is 0 Å². The molecule has 2 atom stereocenters. The number of benzene rings is 1. The molecule has 6 nitrogen and oxygen atoms in total. The molecule has 23 heavy (non-hydrogen) atoms. The van der Waals surface area contributed by atoms with E-state index >= 15 is 0 Å². The molecular weight excluding hydrogens is 292 g/mol. The summed E-state index contributed by atoms with van der Waals surface area (Å²) in [5.74, 6) is 0. The first-order chi connectivity index (χ1) is 10.9. The monoisotopic (exact) mass is 314 g/mol. The third-order valence-electron chi connectivity index (χ3n) is 3.54. The number of amides is 1. The molecule has 0 bridgehead atoms. The number of ether oxygens (including phenoxy) is 1. The molecule has 6 heteroatoms. The summed E-state index contributed by atoms with van der Waals surface area (Å²) in [5.41, 5.74) is 2.22. The van der Waals surface area contributed by atoms with Gasteiger partial charge < -0.3 is 15.4 Å². The molecule has 1 aliphatic rings. The van der Waals surface area contributed by atoms with Crippen LogP contribution in [0.25, 0.3) is 11.0 Å². The molecule has 1 amide bonds. The quantitative estimate of drug-likeness (QED) is 0.906. The minimum atomic E-state index is -0.470. The van der Waals surface area contributed by atoms with Crippen LogP contribution in [0.15, 0.2) is 30.5 Å². The lowest BCUT2D eigenvalue weighted by atomic mass is 10.2. The van der Waals surface area contributed by atoms with Crippen LogP contribution in [0.4, 0.5) is 4.79 Å². The molecule has 2 aromatic rings. The minimum absolute atomic E-state index is 0.123. The fourth-order valence-electron chi connectivity index (χ4n) is 2.36. The Morgan fingerprint density at radius 3 is 2.74 bits per heavy atom. The number of nitrogens with one attached hydrogen (secondary N) is 2. The van der Waals surface area contributed by atoms with Crippen LogP contribution in [0.5, 0.6) is 0 Å². The molecule has 1 aliphatic carbocycles. The number of carbonyl (C=O) groups is 1. The number of para-hydroxylation sites is 2. The van der Waals surface area contributed by atoms with Gasteiger partial charge in [-0.1, -0.05) is 12.1 Å². The maximum absolute atomic E-state index is 11.7. The van der Waals surface area contributed by atoms with Gasteiger partial charge >= 0.3 is 6.09 Å². The highest BCUT2D eigenvalue weighted by Gasteiger charge is 2.38. The summed E-state index contributed by atoms with van der Waals surface area (Å²) in [6.45, 7) is 6.20. The van der Waals surface area contributed by atoms with Gasteiger partial charge in [-0.2, -0.15) is 0 Å². The fraction of sp³-hybridized carbons (Fsp3) is 0.471. The lowest BCUT2D eigenvalue weighted by Crippen LogP contribution is -2.36. The molecule has 0 radical (unpaired) electrons. The number of hydrogen-bond donors (Lipinski definition) is 2. The molecule has 1 heterocycles. The van der Waals surface area contributed by atoms with Crippen molar-refractivity contribution in [3.63, 3.8) is 0 Å². The average Bonchev–Trinajstić information content (AvgIpc) is 3.20. The first-order valence-corrected chi connectivity index (χ1v) is 7.84. The van der Waals surface area contributed by atoms with E-state index in [0.717, 1.165) is 23.1 Å². The Bertz CT molecular complexity index is 711. The van der Waals surface area contributed by atoms with Gasteiger partial charge in [0.25, 0.3) is 0 Å². The van der Waals surface area contributed by atoms with Crippen molar-refractivity contribution in [1.29, 1.82) is 0 Å². The Morgan fingerprint density at radius 1 is 1.26 bits per heavy atom. The van der Waals surface area contributed by atoms with E-state index in [1.54, 1.807) is 6.20 Å². The molecule has 0 spiro atoms. The zero-order chi connectivity index (χ0) is 16.4. The van der Waals surface area contributed by atoms with Gasteiger partial charge in [0, 0.05) is 18.6 Å². The van der Waals surface area contributed by atoms with E-state index in [9.17, 15) is 4.79 Å². The maximum atomic E-state index is 11.7. The molecule has 0 saturated heterocycles. The summed E-state index contributed by atoms with van der Waals surface area (Å²) >= 11 is 0. The van der Waals surface area contributed by atoms with Gasteiger partial charge in [0.2, 0.25) is 0 Å². The zero-order valence-electron chi connectivity index (χ0n) is 13.7. The first kappa shape index (κ1) is 15.7. The minimum Gasteiger partial charge on any atom is -0.444 e. The van der Waals surface area contributed by atoms with Gasteiger partial charge in [-0.05, 0) is 39.3 Å². The predicted molar refractivity (Wildman–Crippen MR) is 87.9 cm³/mol. The Labute approximate surface area is 135 Å². The third kappa shape index (κ3) is 4.39. The van der Waals surface area contributed by atoms with Gasteiger partial charge in [0.15, 0.2) is 0 Å². The van der Waals surface area contributed by atoms with Crippen molar-refractivity contribution in [3.8, 4) is 0 Å². The van der Waals surface area contributed by atoms with Crippen LogP contribution in [0.1, 0.15) is 32.9 Å². The zero-order valence-corrected chi connectivity index (χ0v) is 13.7. The standard InChI is InChI=1S/C17H22N4O2/c1-17(2,3)23-16(22)21-15-8-14(15)19-10-11-9-18-12-6-4-5-7-13(12)20-11/h4-7,9,14-15,19H,8,10H2,1-3H3,(H,21,22). The van der Waals surface area contributed by atoms with Crippen LogP contribution < -0.4 is 10.6 Å². The third-order valence-corrected chi connectivity index (χ3v) is 3.54. The Balaban J connectivity index is 1.47. The second kappa shape index (κ2) is 6.12. The van der Waals surface area contributed by atoms with E-state index < -0.39 is 5.60 Å². The Hall–Kier alpha value is -2.21. The van der Waals surface area contributed by atoms with Crippen molar-refractivity contribution in [3.05, 3.63) is 36.2 Å². The molecule has 122 valence electrons. The summed E-state index contributed by atoms with van der Waals surface area (Å²) in [5, 5.41) is 6.25. The van der Waals surface area contributed by atoms with Crippen LogP contribution in [0.2, 0.25) is 0 Å². The SMILES string of the molecule is CC(C)(C)OC(=O)NC1CC1NCc1cnc2ccccc2n1. The van der Waals surface area contributed by atoms with Crippen LogP contribution in [-0.2, 0) is 11.3 Å². The topological polar surface area (TPSA) is 76.1 Å². The van der Waals surface area contributed by atoms with Crippen LogP contribution >= 0.6 is 0 Å². The van der Waals surface area contributed by atoms with Crippen LogP contribution in [0, 0.1) is 0 Å². The highest BCUT2D eigenvalue weighted by molar-refractivity contribution is 5.73. The van der Waals surface area contributed by atoms with E-state index in [0.29, 0.717) is 6.54 Å². The number of nitrogens with zero attached hydrogens (tertiary/aromatic N) is 2. The van der Waals surface area contributed by atoms with Crippen molar-refractivity contribution in [2.24, 2.45) is 0 Å². The van der Waals surface area contributed by atoms with E-state index in [4.69, 9.17) is 4.74 Å². The van der Waals surface area contributed by atoms with E-state index in [-0.39, 0.29) is 18.2 Å². The largest absolute Gasteiger partial charge is 0.444 e. The van der Waals surface area contributed by atoms with Gasteiger partial charge in [-0.15, -0.1) is 0 Å². The molecule has 1 saturated carbocycles. The van der Waals surface area contributed by atoms with Gasteiger partial charge in [-0.3, -0.25) is 4.98 Å². The van der Waals surface area contributed by atoms with E-state index in [1.807, 2.05) is 45.0 Å². The second-order valence-electron chi connectivity index (χ2n) is 6.83. The van der Waals surface area contributed by atoms with Gasteiger partial charge in [0.05, 0.1) is 22.9 Å². The first-order valence-electron chi connectivity index (χ1n) is 7.84. The van der Waals surface area contributed by atoms with E-state index in [1.165, 1.54) is 0 Å². The smallest absolute Gasteiger partial charge is 0.407 e. The van der Waals surface area contributed by atoms with E-state index in [2.05, 4.69) is 20.6 Å². The second-order valence-corrected chi connectivity index (χ2v) is 6.83. The molecule has 3 rings (SSSR count). The number of alkyl carbamates (subject to hydrolysis) is 1. The fourth-order valence-corrected chi connectivity index (χ4v) is 2.36. The predicted octanol–water partition coefficient (Wildman–Crippen LogP) is 2.39. The lowest BCUT2D eigenvalue weighted by Gasteiger charge is -2.19.